The van der Waals surface area contributed by atoms with Crippen molar-refractivity contribution in [1.29, 1.82) is 0 Å². The van der Waals surface area contributed by atoms with E-state index in [0.717, 1.165) is 17.0 Å². The summed E-state index contributed by atoms with van der Waals surface area (Å²) in [6, 6.07) is 9.55. The zero-order valence-corrected chi connectivity index (χ0v) is 11.6. The van der Waals surface area contributed by atoms with Gasteiger partial charge in [-0.05, 0) is 24.3 Å². The van der Waals surface area contributed by atoms with Crippen molar-refractivity contribution in [3.05, 3.63) is 59.2 Å². The molecule has 0 aliphatic carbocycles. The van der Waals surface area contributed by atoms with Gasteiger partial charge in [0.1, 0.15) is 0 Å². The highest BCUT2D eigenvalue weighted by Gasteiger charge is 2.38. The molecule has 0 atom stereocenters. The second kappa shape index (κ2) is 5.34. The zero-order chi connectivity index (χ0) is 16.7. The number of carbonyl (C=O) groups is 3. The number of carbonyl (C=O) groups excluding carboxylic acids is 2. The van der Waals surface area contributed by atoms with Crippen molar-refractivity contribution in [2.75, 3.05) is 4.90 Å². The van der Waals surface area contributed by atoms with Crippen LogP contribution >= 0.6 is 0 Å². The summed E-state index contributed by atoms with van der Waals surface area (Å²) in [6.07, 6.45) is 0. The summed E-state index contributed by atoms with van der Waals surface area (Å²) in [5.41, 5.74) is -0.121. The van der Waals surface area contributed by atoms with Crippen molar-refractivity contribution in [3.63, 3.8) is 0 Å². The Kier molecular flexibility index (Phi) is 3.47. The molecule has 2 aromatic carbocycles. The SMILES string of the molecule is O=C(O)c1ccc(B(O)O)c(N2C(=O)c3ccccc3C2=O)c1. The first-order valence-corrected chi connectivity index (χ1v) is 6.63. The molecule has 1 heterocycles. The van der Waals surface area contributed by atoms with Crippen LogP contribution in [0.5, 0.6) is 0 Å². The van der Waals surface area contributed by atoms with E-state index in [2.05, 4.69) is 0 Å². The van der Waals surface area contributed by atoms with Crippen LogP contribution < -0.4 is 10.4 Å². The van der Waals surface area contributed by atoms with Gasteiger partial charge < -0.3 is 15.2 Å². The minimum Gasteiger partial charge on any atom is -0.478 e. The lowest BCUT2D eigenvalue weighted by Crippen LogP contribution is -2.40. The molecule has 0 aromatic heterocycles. The molecule has 114 valence electrons. The van der Waals surface area contributed by atoms with Crippen LogP contribution in [0.25, 0.3) is 0 Å². The second-order valence-corrected chi connectivity index (χ2v) is 4.94. The molecule has 0 saturated carbocycles. The van der Waals surface area contributed by atoms with Gasteiger partial charge in [0, 0.05) is 5.46 Å². The van der Waals surface area contributed by atoms with Gasteiger partial charge in [-0.25, -0.2) is 9.69 Å². The summed E-state index contributed by atoms with van der Waals surface area (Å²) in [5.74, 6) is -2.55. The Balaban J connectivity index is 2.19. The smallest absolute Gasteiger partial charge is 0.478 e. The summed E-state index contributed by atoms with van der Waals surface area (Å²) in [4.78, 5) is 36.8. The lowest BCUT2D eigenvalue weighted by Gasteiger charge is -2.18. The molecule has 1 aliphatic rings. The molecule has 0 bridgehead atoms. The summed E-state index contributed by atoms with van der Waals surface area (Å²) < 4.78 is 0. The summed E-state index contributed by atoms with van der Waals surface area (Å²) in [5, 5.41) is 28.0. The van der Waals surface area contributed by atoms with Crippen LogP contribution in [0.3, 0.4) is 0 Å². The van der Waals surface area contributed by atoms with Crippen LogP contribution in [0, 0.1) is 0 Å². The van der Waals surface area contributed by atoms with Gasteiger partial charge in [0.25, 0.3) is 11.8 Å². The van der Waals surface area contributed by atoms with Crippen LogP contribution in [0.2, 0.25) is 0 Å². The van der Waals surface area contributed by atoms with Crippen LogP contribution in [0.4, 0.5) is 5.69 Å². The Labute approximate surface area is 130 Å². The summed E-state index contributed by atoms with van der Waals surface area (Å²) >= 11 is 0. The molecule has 3 rings (SSSR count). The summed E-state index contributed by atoms with van der Waals surface area (Å²) in [7, 11) is -1.96. The molecule has 7 nitrogen and oxygen atoms in total. The maximum atomic E-state index is 12.5. The fraction of sp³-hybridized carbons (Fsp3) is 0. The Morgan fingerprint density at radius 1 is 0.957 bits per heavy atom. The molecule has 0 spiro atoms. The number of amides is 2. The number of imide groups is 1. The van der Waals surface area contributed by atoms with Crippen molar-refractivity contribution in [2.45, 2.75) is 0 Å². The average molecular weight is 311 g/mol. The van der Waals surface area contributed by atoms with Gasteiger partial charge in [-0.1, -0.05) is 18.2 Å². The molecule has 23 heavy (non-hydrogen) atoms. The summed E-state index contributed by atoms with van der Waals surface area (Å²) in [6.45, 7) is 0. The Bertz CT molecular complexity index is 813. The first-order chi connectivity index (χ1) is 10.9. The van der Waals surface area contributed by atoms with Gasteiger partial charge in [-0.3, -0.25) is 9.59 Å². The van der Waals surface area contributed by atoms with E-state index in [0.29, 0.717) is 0 Å². The fourth-order valence-corrected chi connectivity index (χ4v) is 2.50. The molecule has 2 amide bonds. The number of hydrogen-bond acceptors (Lipinski definition) is 5. The zero-order valence-electron chi connectivity index (χ0n) is 11.6. The highest BCUT2D eigenvalue weighted by atomic mass is 16.4. The number of aromatic carboxylic acids is 1. The van der Waals surface area contributed by atoms with Crippen molar-refractivity contribution in [3.8, 4) is 0 Å². The number of hydrogen-bond donors (Lipinski definition) is 3. The maximum absolute atomic E-state index is 12.5. The first-order valence-electron chi connectivity index (χ1n) is 6.63. The lowest BCUT2D eigenvalue weighted by molar-refractivity contribution is 0.0695. The minimum absolute atomic E-state index is 0.135. The van der Waals surface area contributed by atoms with Crippen molar-refractivity contribution < 1.29 is 29.5 Å². The average Bonchev–Trinajstić information content (AvgIpc) is 2.78. The quantitative estimate of drug-likeness (QED) is 0.537. The van der Waals surface area contributed by atoms with Gasteiger partial charge in [0.05, 0.1) is 22.4 Å². The molecule has 0 unspecified atom stereocenters. The van der Waals surface area contributed by atoms with E-state index in [4.69, 9.17) is 5.11 Å². The molecule has 2 aromatic rings. The highest BCUT2D eigenvalue weighted by molar-refractivity contribution is 6.61. The molecule has 0 saturated heterocycles. The Hall–Kier alpha value is -2.97. The van der Waals surface area contributed by atoms with Crippen LogP contribution in [-0.2, 0) is 0 Å². The van der Waals surface area contributed by atoms with Gasteiger partial charge >= 0.3 is 13.1 Å². The molecule has 8 heteroatoms. The van der Waals surface area contributed by atoms with Gasteiger partial charge in [-0.15, -0.1) is 0 Å². The predicted molar refractivity (Wildman–Crippen MR) is 80.8 cm³/mol. The molecule has 1 aliphatic heterocycles. The van der Waals surface area contributed by atoms with E-state index in [1.807, 2.05) is 0 Å². The standard InChI is InChI=1S/C15H10BNO6/c18-13-9-3-1-2-4-10(9)14(19)17(13)12-7-8(15(20)21)5-6-11(12)16(22)23/h1-7,22-23H,(H,20,21). The Morgan fingerprint density at radius 2 is 1.52 bits per heavy atom. The third-order valence-corrected chi connectivity index (χ3v) is 3.59. The van der Waals surface area contributed by atoms with Crippen LogP contribution in [-0.4, -0.2) is 40.1 Å². The van der Waals surface area contributed by atoms with Gasteiger partial charge in [-0.2, -0.15) is 0 Å². The predicted octanol–water partition coefficient (Wildman–Crippen LogP) is -0.135. The van der Waals surface area contributed by atoms with Crippen LogP contribution in [0.1, 0.15) is 31.1 Å². The Morgan fingerprint density at radius 3 is 2.00 bits per heavy atom. The molecular weight excluding hydrogens is 301 g/mol. The monoisotopic (exact) mass is 311 g/mol. The number of carboxylic acids is 1. The largest absolute Gasteiger partial charge is 0.490 e. The maximum Gasteiger partial charge on any atom is 0.490 e. The van der Waals surface area contributed by atoms with E-state index < -0.39 is 24.9 Å². The molecule has 0 fully saturated rings. The fourth-order valence-electron chi connectivity index (χ4n) is 2.50. The third kappa shape index (κ3) is 2.30. The van der Waals surface area contributed by atoms with E-state index in [-0.39, 0.29) is 27.8 Å². The number of fused-ring (bicyclic) bond motifs is 1. The third-order valence-electron chi connectivity index (χ3n) is 3.59. The number of nitrogens with zero attached hydrogens (tertiary/aromatic N) is 1. The second-order valence-electron chi connectivity index (χ2n) is 4.94. The van der Waals surface area contributed by atoms with Gasteiger partial charge in [0.2, 0.25) is 0 Å². The van der Waals surface area contributed by atoms with Crippen molar-refractivity contribution in [1.82, 2.24) is 0 Å². The van der Waals surface area contributed by atoms with Gasteiger partial charge in [0.15, 0.2) is 0 Å². The van der Waals surface area contributed by atoms with E-state index in [9.17, 15) is 24.4 Å². The van der Waals surface area contributed by atoms with Crippen molar-refractivity contribution >= 4 is 36.1 Å². The van der Waals surface area contributed by atoms with E-state index >= 15 is 0 Å². The van der Waals surface area contributed by atoms with E-state index in [1.165, 1.54) is 18.2 Å². The molecule has 3 N–H and O–H groups in total. The van der Waals surface area contributed by atoms with Crippen LogP contribution in [0.15, 0.2) is 42.5 Å². The number of benzene rings is 2. The first kappa shape index (κ1) is 15.0. The normalized spacial score (nSPS) is 13.2. The highest BCUT2D eigenvalue weighted by Crippen LogP contribution is 2.28. The minimum atomic E-state index is -1.96. The molecule has 0 radical (unpaired) electrons. The molecular formula is C15H10BNO6. The van der Waals surface area contributed by atoms with Crippen molar-refractivity contribution in [2.24, 2.45) is 0 Å². The lowest BCUT2D eigenvalue weighted by atomic mass is 9.78. The van der Waals surface area contributed by atoms with E-state index in [1.54, 1.807) is 12.1 Å². The number of anilines is 1. The number of rotatable bonds is 3. The number of carboxylic acid groups (broad SMARTS) is 1. The topological polar surface area (TPSA) is 115 Å².